The van der Waals surface area contributed by atoms with Gasteiger partial charge in [0.15, 0.2) is 0 Å². The van der Waals surface area contributed by atoms with Crippen molar-refractivity contribution in [3.63, 3.8) is 0 Å². The fourth-order valence-corrected chi connectivity index (χ4v) is 3.70. The number of nitrogens with zero attached hydrogens (tertiary/aromatic N) is 1. The van der Waals surface area contributed by atoms with Gasteiger partial charge in [-0.1, -0.05) is 12.6 Å². The van der Waals surface area contributed by atoms with Gasteiger partial charge in [0.2, 0.25) is 11.8 Å². The summed E-state index contributed by atoms with van der Waals surface area (Å²) in [6, 6.07) is 3.51. The topological polar surface area (TPSA) is 49.4 Å². The first kappa shape index (κ1) is 17.6. The Labute approximate surface area is 145 Å². The number of benzene rings is 1. The SMILES string of the molecule is C=CC(=O)N1CCC(C(=O)NC2(c3ccc(F)cc3F)CCC2)CC1. The summed E-state index contributed by atoms with van der Waals surface area (Å²) in [5.41, 5.74) is -0.379. The lowest BCUT2D eigenvalue weighted by atomic mass is 9.71. The summed E-state index contributed by atoms with van der Waals surface area (Å²) >= 11 is 0. The highest BCUT2D eigenvalue weighted by atomic mass is 19.1. The molecule has 1 saturated carbocycles. The van der Waals surface area contributed by atoms with Crippen LogP contribution in [0.3, 0.4) is 0 Å². The third kappa shape index (κ3) is 3.43. The fraction of sp³-hybridized carbons (Fsp3) is 0.474. The summed E-state index contributed by atoms with van der Waals surface area (Å²) in [7, 11) is 0. The molecule has 25 heavy (non-hydrogen) atoms. The minimum Gasteiger partial charge on any atom is -0.346 e. The first-order valence-corrected chi connectivity index (χ1v) is 8.64. The van der Waals surface area contributed by atoms with E-state index in [2.05, 4.69) is 11.9 Å². The number of amides is 2. The Balaban J connectivity index is 1.67. The van der Waals surface area contributed by atoms with Crippen molar-refractivity contribution in [3.05, 3.63) is 48.1 Å². The van der Waals surface area contributed by atoms with E-state index in [9.17, 15) is 18.4 Å². The van der Waals surface area contributed by atoms with E-state index in [1.807, 2.05) is 0 Å². The van der Waals surface area contributed by atoms with Crippen molar-refractivity contribution in [2.75, 3.05) is 13.1 Å². The van der Waals surface area contributed by atoms with Gasteiger partial charge >= 0.3 is 0 Å². The number of piperidine rings is 1. The molecule has 0 aromatic heterocycles. The molecule has 0 spiro atoms. The molecular weight excluding hydrogens is 326 g/mol. The van der Waals surface area contributed by atoms with E-state index in [0.29, 0.717) is 44.3 Å². The quantitative estimate of drug-likeness (QED) is 0.851. The number of carbonyl (C=O) groups excluding carboxylic acids is 2. The van der Waals surface area contributed by atoms with E-state index in [4.69, 9.17) is 0 Å². The monoisotopic (exact) mass is 348 g/mol. The van der Waals surface area contributed by atoms with Gasteiger partial charge in [0.1, 0.15) is 11.6 Å². The Kier molecular flexibility index (Phi) is 4.88. The second kappa shape index (κ2) is 6.94. The van der Waals surface area contributed by atoms with Crippen LogP contribution in [0.2, 0.25) is 0 Å². The molecule has 0 unspecified atom stereocenters. The Morgan fingerprint density at radius 3 is 2.44 bits per heavy atom. The maximum Gasteiger partial charge on any atom is 0.245 e. The fourth-order valence-electron chi connectivity index (χ4n) is 3.70. The van der Waals surface area contributed by atoms with Crippen molar-refractivity contribution < 1.29 is 18.4 Å². The molecule has 1 saturated heterocycles. The van der Waals surface area contributed by atoms with E-state index in [0.717, 1.165) is 12.5 Å². The van der Waals surface area contributed by atoms with Crippen molar-refractivity contribution >= 4 is 11.8 Å². The predicted octanol–water partition coefficient (Wildman–Crippen LogP) is 2.88. The average Bonchev–Trinajstić information content (AvgIpc) is 2.58. The molecule has 1 aliphatic carbocycles. The minimum absolute atomic E-state index is 0.117. The summed E-state index contributed by atoms with van der Waals surface area (Å²) < 4.78 is 27.4. The molecule has 6 heteroatoms. The lowest BCUT2D eigenvalue weighted by Gasteiger charge is -2.44. The molecule has 1 aromatic rings. The molecule has 0 radical (unpaired) electrons. The standard InChI is InChI=1S/C19H22F2N2O2/c1-2-17(24)23-10-6-13(7-11-23)18(25)22-19(8-3-9-19)15-5-4-14(20)12-16(15)21/h2,4-5,12-13H,1,3,6-11H2,(H,22,25). The molecule has 1 heterocycles. The molecule has 3 rings (SSSR count). The maximum atomic E-state index is 14.2. The van der Waals surface area contributed by atoms with Crippen LogP contribution in [0, 0.1) is 17.6 Å². The highest BCUT2D eigenvalue weighted by molar-refractivity contribution is 5.87. The highest BCUT2D eigenvalue weighted by Crippen LogP contribution is 2.43. The molecular formula is C19H22F2N2O2. The van der Waals surface area contributed by atoms with Crippen molar-refractivity contribution in [2.24, 2.45) is 5.92 Å². The molecule has 4 nitrogen and oxygen atoms in total. The summed E-state index contributed by atoms with van der Waals surface area (Å²) in [4.78, 5) is 26.0. The lowest BCUT2D eigenvalue weighted by molar-refractivity contribution is -0.134. The number of carbonyl (C=O) groups is 2. The summed E-state index contributed by atoms with van der Waals surface area (Å²) in [6.07, 6.45) is 4.62. The minimum atomic E-state index is -0.733. The molecule has 2 amide bonds. The zero-order valence-corrected chi connectivity index (χ0v) is 14.1. The van der Waals surface area contributed by atoms with Gasteiger partial charge in [-0.25, -0.2) is 8.78 Å². The van der Waals surface area contributed by atoms with Crippen LogP contribution < -0.4 is 5.32 Å². The number of likely N-dealkylation sites (tertiary alicyclic amines) is 1. The van der Waals surface area contributed by atoms with Crippen LogP contribution in [0.1, 0.15) is 37.7 Å². The average molecular weight is 348 g/mol. The third-order valence-electron chi connectivity index (χ3n) is 5.37. The molecule has 2 fully saturated rings. The Hall–Kier alpha value is -2.24. The zero-order chi connectivity index (χ0) is 18.0. The summed E-state index contributed by atoms with van der Waals surface area (Å²) in [5.74, 6) is -1.68. The lowest BCUT2D eigenvalue weighted by Crippen LogP contribution is -2.54. The predicted molar refractivity (Wildman–Crippen MR) is 89.5 cm³/mol. The molecule has 0 bridgehead atoms. The molecule has 1 aromatic carbocycles. The van der Waals surface area contributed by atoms with E-state index in [-0.39, 0.29) is 17.7 Å². The summed E-state index contributed by atoms with van der Waals surface area (Å²) in [5, 5.41) is 3.01. The van der Waals surface area contributed by atoms with Crippen molar-refractivity contribution in [1.29, 1.82) is 0 Å². The van der Waals surface area contributed by atoms with Crippen LogP contribution in [0.25, 0.3) is 0 Å². The van der Waals surface area contributed by atoms with Crippen LogP contribution in [0.5, 0.6) is 0 Å². The van der Waals surface area contributed by atoms with Crippen LogP contribution >= 0.6 is 0 Å². The number of rotatable bonds is 4. The van der Waals surface area contributed by atoms with E-state index in [1.54, 1.807) is 4.90 Å². The highest BCUT2D eigenvalue weighted by Gasteiger charge is 2.43. The van der Waals surface area contributed by atoms with Gasteiger partial charge in [0.05, 0.1) is 5.54 Å². The van der Waals surface area contributed by atoms with Crippen LogP contribution in [0.4, 0.5) is 8.78 Å². The summed E-state index contributed by atoms with van der Waals surface area (Å²) in [6.45, 7) is 4.50. The Bertz CT molecular complexity index is 693. The Morgan fingerprint density at radius 1 is 1.24 bits per heavy atom. The largest absolute Gasteiger partial charge is 0.346 e. The molecule has 2 aliphatic rings. The number of hydrogen-bond acceptors (Lipinski definition) is 2. The first-order valence-electron chi connectivity index (χ1n) is 8.64. The third-order valence-corrected chi connectivity index (χ3v) is 5.37. The number of nitrogens with one attached hydrogen (secondary N) is 1. The second-order valence-electron chi connectivity index (χ2n) is 6.85. The van der Waals surface area contributed by atoms with Crippen molar-refractivity contribution in [3.8, 4) is 0 Å². The van der Waals surface area contributed by atoms with Crippen LogP contribution in [-0.4, -0.2) is 29.8 Å². The van der Waals surface area contributed by atoms with Crippen LogP contribution in [-0.2, 0) is 15.1 Å². The van der Waals surface area contributed by atoms with Crippen LogP contribution in [0.15, 0.2) is 30.9 Å². The first-order chi connectivity index (χ1) is 11.9. The van der Waals surface area contributed by atoms with Gasteiger partial charge in [0, 0.05) is 30.6 Å². The molecule has 1 N–H and O–H groups in total. The van der Waals surface area contributed by atoms with Gasteiger partial charge in [-0.3, -0.25) is 9.59 Å². The van der Waals surface area contributed by atoms with Crippen molar-refractivity contribution in [2.45, 2.75) is 37.6 Å². The van der Waals surface area contributed by atoms with Gasteiger partial charge in [0.25, 0.3) is 0 Å². The van der Waals surface area contributed by atoms with Gasteiger partial charge < -0.3 is 10.2 Å². The number of hydrogen-bond donors (Lipinski definition) is 1. The molecule has 0 atom stereocenters. The second-order valence-corrected chi connectivity index (χ2v) is 6.85. The maximum absolute atomic E-state index is 14.2. The zero-order valence-electron chi connectivity index (χ0n) is 14.1. The van der Waals surface area contributed by atoms with Gasteiger partial charge in [-0.2, -0.15) is 0 Å². The van der Waals surface area contributed by atoms with Crippen molar-refractivity contribution in [1.82, 2.24) is 10.2 Å². The van der Waals surface area contributed by atoms with Gasteiger partial charge in [-0.05, 0) is 44.2 Å². The number of halogens is 2. The molecule has 134 valence electrons. The van der Waals surface area contributed by atoms with E-state index < -0.39 is 17.2 Å². The normalized spacial score (nSPS) is 19.8. The smallest absolute Gasteiger partial charge is 0.245 e. The molecule has 1 aliphatic heterocycles. The van der Waals surface area contributed by atoms with E-state index in [1.165, 1.54) is 18.2 Å². The van der Waals surface area contributed by atoms with Gasteiger partial charge in [-0.15, -0.1) is 0 Å². The van der Waals surface area contributed by atoms with E-state index >= 15 is 0 Å². The Morgan fingerprint density at radius 2 is 1.92 bits per heavy atom.